The molecule has 1 amide bonds. The van der Waals surface area contributed by atoms with Crippen LogP contribution in [0.3, 0.4) is 0 Å². The average Bonchev–Trinajstić information content (AvgIpc) is 2.66. The predicted octanol–water partition coefficient (Wildman–Crippen LogP) is 4.23. The lowest BCUT2D eigenvalue weighted by Gasteiger charge is -2.16. The zero-order valence-electron chi connectivity index (χ0n) is 13.1. The number of pyridine rings is 1. The predicted molar refractivity (Wildman–Crippen MR) is 97.6 cm³/mol. The molecule has 0 radical (unpaired) electrons. The van der Waals surface area contributed by atoms with E-state index in [1.807, 2.05) is 78.9 Å². The lowest BCUT2D eigenvalue weighted by atomic mass is 10.1. The van der Waals surface area contributed by atoms with Crippen molar-refractivity contribution in [3.8, 4) is 0 Å². The molecule has 3 rings (SSSR count). The molecule has 1 atom stereocenters. The van der Waals surface area contributed by atoms with Gasteiger partial charge >= 0.3 is 0 Å². The second kappa shape index (κ2) is 8.31. The largest absolute Gasteiger partial charge is 0.351 e. The first kappa shape index (κ1) is 16.3. The number of hydrogen-bond donors (Lipinski definition) is 1. The highest BCUT2D eigenvalue weighted by Crippen LogP contribution is 2.34. The van der Waals surface area contributed by atoms with Crippen LogP contribution in [0.4, 0.5) is 0 Å². The van der Waals surface area contributed by atoms with Crippen molar-refractivity contribution < 1.29 is 4.79 Å². The van der Waals surface area contributed by atoms with Gasteiger partial charge in [0.05, 0.1) is 5.03 Å². The van der Waals surface area contributed by atoms with E-state index >= 15 is 0 Å². The molecule has 0 unspecified atom stereocenters. The average molecular weight is 334 g/mol. The van der Waals surface area contributed by atoms with Crippen LogP contribution < -0.4 is 5.32 Å². The maximum Gasteiger partial charge on any atom is 0.238 e. The number of nitrogens with one attached hydrogen (secondary N) is 1. The van der Waals surface area contributed by atoms with Gasteiger partial charge < -0.3 is 5.32 Å². The SMILES string of the molecule is O=C(NCc1ccccc1)[C@@H](Sc1ccccn1)c1ccccc1. The van der Waals surface area contributed by atoms with Crippen molar-refractivity contribution in [2.45, 2.75) is 16.8 Å². The highest BCUT2D eigenvalue weighted by Gasteiger charge is 2.22. The van der Waals surface area contributed by atoms with E-state index < -0.39 is 0 Å². The number of benzene rings is 2. The first-order valence-electron chi connectivity index (χ1n) is 7.77. The van der Waals surface area contributed by atoms with E-state index in [1.54, 1.807) is 6.20 Å². The topological polar surface area (TPSA) is 42.0 Å². The standard InChI is InChI=1S/C20H18N2OS/c23-20(22-15-16-9-3-1-4-10-16)19(17-11-5-2-6-12-17)24-18-13-7-8-14-21-18/h1-14,19H,15H2,(H,22,23)/t19-/m0/s1. The summed E-state index contributed by atoms with van der Waals surface area (Å²) < 4.78 is 0. The number of nitrogens with zero attached hydrogens (tertiary/aromatic N) is 1. The summed E-state index contributed by atoms with van der Waals surface area (Å²) in [6.45, 7) is 0.520. The normalized spacial score (nSPS) is 11.7. The molecule has 120 valence electrons. The van der Waals surface area contributed by atoms with Gasteiger partial charge in [-0.2, -0.15) is 0 Å². The molecule has 3 aromatic rings. The molecule has 0 bridgehead atoms. The quantitative estimate of drug-likeness (QED) is 0.686. The van der Waals surface area contributed by atoms with E-state index in [-0.39, 0.29) is 11.2 Å². The fraction of sp³-hybridized carbons (Fsp3) is 0.100. The molecule has 1 N–H and O–H groups in total. The molecule has 4 heteroatoms. The summed E-state index contributed by atoms with van der Waals surface area (Å²) in [7, 11) is 0. The Morgan fingerprint density at radius 3 is 2.25 bits per heavy atom. The number of aromatic nitrogens is 1. The van der Waals surface area contributed by atoms with Gasteiger partial charge in [-0.1, -0.05) is 78.5 Å². The molecule has 0 fully saturated rings. The Kier molecular flexibility index (Phi) is 5.64. The minimum Gasteiger partial charge on any atom is -0.351 e. The Balaban J connectivity index is 1.75. The van der Waals surface area contributed by atoms with Gasteiger partial charge in [0.25, 0.3) is 0 Å². The highest BCUT2D eigenvalue weighted by atomic mass is 32.2. The molecule has 1 heterocycles. The van der Waals surface area contributed by atoms with E-state index in [0.29, 0.717) is 6.54 Å². The molecule has 0 spiro atoms. The van der Waals surface area contributed by atoms with Crippen molar-refractivity contribution in [1.82, 2.24) is 10.3 Å². The van der Waals surface area contributed by atoms with E-state index in [1.165, 1.54) is 11.8 Å². The van der Waals surface area contributed by atoms with Gasteiger partial charge in [-0.3, -0.25) is 4.79 Å². The lowest BCUT2D eigenvalue weighted by Crippen LogP contribution is -2.27. The fourth-order valence-corrected chi connectivity index (χ4v) is 3.32. The van der Waals surface area contributed by atoms with Crippen molar-refractivity contribution in [2.24, 2.45) is 0 Å². The van der Waals surface area contributed by atoms with Gasteiger partial charge in [-0.25, -0.2) is 4.98 Å². The van der Waals surface area contributed by atoms with Crippen LogP contribution in [0.5, 0.6) is 0 Å². The van der Waals surface area contributed by atoms with E-state index in [0.717, 1.165) is 16.2 Å². The minimum absolute atomic E-state index is 0.0132. The summed E-state index contributed by atoms with van der Waals surface area (Å²) in [5.74, 6) is -0.0132. The molecule has 3 nitrogen and oxygen atoms in total. The first-order chi connectivity index (χ1) is 11.8. The van der Waals surface area contributed by atoms with Crippen molar-refractivity contribution in [3.05, 3.63) is 96.2 Å². The summed E-state index contributed by atoms with van der Waals surface area (Å²) in [4.78, 5) is 17.1. The zero-order valence-corrected chi connectivity index (χ0v) is 13.9. The van der Waals surface area contributed by atoms with Crippen LogP contribution in [-0.4, -0.2) is 10.9 Å². The monoisotopic (exact) mass is 334 g/mol. The van der Waals surface area contributed by atoms with Gasteiger partial charge in [0.1, 0.15) is 5.25 Å². The van der Waals surface area contributed by atoms with E-state index in [2.05, 4.69) is 10.3 Å². The maximum absolute atomic E-state index is 12.8. The molecule has 0 saturated heterocycles. The summed E-state index contributed by atoms with van der Waals surface area (Å²) in [5.41, 5.74) is 2.05. The van der Waals surface area contributed by atoms with Crippen LogP contribution >= 0.6 is 11.8 Å². The van der Waals surface area contributed by atoms with Gasteiger partial charge in [0.15, 0.2) is 0 Å². The summed E-state index contributed by atoms with van der Waals surface area (Å²) >= 11 is 1.46. The molecule has 1 aromatic heterocycles. The van der Waals surface area contributed by atoms with Crippen LogP contribution in [0.1, 0.15) is 16.4 Å². The van der Waals surface area contributed by atoms with Crippen molar-refractivity contribution in [2.75, 3.05) is 0 Å². The van der Waals surface area contributed by atoms with Gasteiger partial charge in [-0.05, 0) is 23.3 Å². The maximum atomic E-state index is 12.8. The second-order valence-electron chi connectivity index (χ2n) is 5.28. The second-order valence-corrected chi connectivity index (χ2v) is 6.41. The Morgan fingerprint density at radius 2 is 1.58 bits per heavy atom. The van der Waals surface area contributed by atoms with Crippen molar-refractivity contribution >= 4 is 17.7 Å². The van der Waals surface area contributed by atoms with Gasteiger partial charge in [0, 0.05) is 12.7 Å². The Labute approximate surface area is 146 Å². The molecular weight excluding hydrogens is 316 g/mol. The molecule has 0 aliphatic heterocycles. The molecule has 0 saturated carbocycles. The molecule has 0 aliphatic carbocycles. The Morgan fingerprint density at radius 1 is 0.917 bits per heavy atom. The van der Waals surface area contributed by atoms with E-state index in [9.17, 15) is 4.79 Å². The highest BCUT2D eigenvalue weighted by molar-refractivity contribution is 8.00. The number of carbonyl (C=O) groups is 1. The van der Waals surface area contributed by atoms with Gasteiger partial charge in [0.2, 0.25) is 5.91 Å². The summed E-state index contributed by atoms with van der Waals surface area (Å²) in [5, 5.41) is 3.54. The lowest BCUT2D eigenvalue weighted by molar-refractivity contribution is -0.120. The molecule has 0 aliphatic rings. The Hall–Kier alpha value is -2.59. The van der Waals surface area contributed by atoms with E-state index in [4.69, 9.17) is 0 Å². The number of thioether (sulfide) groups is 1. The van der Waals surface area contributed by atoms with Crippen LogP contribution in [-0.2, 0) is 11.3 Å². The number of rotatable bonds is 6. The molecule has 2 aromatic carbocycles. The van der Waals surface area contributed by atoms with Crippen molar-refractivity contribution in [1.29, 1.82) is 0 Å². The van der Waals surface area contributed by atoms with Gasteiger partial charge in [-0.15, -0.1) is 0 Å². The number of carbonyl (C=O) groups excluding carboxylic acids is 1. The first-order valence-corrected chi connectivity index (χ1v) is 8.65. The number of hydrogen-bond acceptors (Lipinski definition) is 3. The third kappa shape index (κ3) is 4.46. The van der Waals surface area contributed by atoms with Crippen LogP contribution in [0.25, 0.3) is 0 Å². The molecule has 24 heavy (non-hydrogen) atoms. The summed E-state index contributed by atoms with van der Waals surface area (Å²) in [6.07, 6.45) is 1.74. The van der Waals surface area contributed by atoms with Crippen LogP contribution in [0.2, 0.25) is 0 Å². The third-order valence-electron chi connectivity index (χ3n) is 3.53. The molecular formula is C20H18N2OS. The van der Waals surface area contributed by atoms with Crippen molar-refractivity contribution in [3.63, 3.8) is 0 Å². The smallest absolute Gasteiger partial charge is 0.238 e. The minimum atomic E-state index is -0.329. The zero-order chi connectivity index (χ0) is 16.6. The summed E-state index contributed by atoms with van der Waals surface area (Å²) in [6, 6.07) is 25.4. The van der Waals surface area contributed by atoms with Crippen LogP contribution in [0, 0.1) is 0 Å². The number of amides is 1. The Bertz CT molecular complexity index is 763. The van der Waals surface area contributed by atoms with Crippen LogP contribution in [0.15, 0.2) is 90.1 Å². The third-order valence-corrected chi connectivity index (χ3v) is 4.73. The fourth-order valence-electron chi connectivity index (χ4n) is 2.32.